The number of nitrogens with one attached hydrogen (secondary N) is 2. The lowest BCUT2D eigenvalue weighted by molar-refractivity contribution is -0.137. The smallest absolute Gasteiger partial charge is 0.379 e. The first-order chi connectivity index (χ1) is 16.8. The van der Waals surface area contributed by atoms with E-state index in [1.807, 2.05) is 5.38 Å². The highest BCUT2D eigenvalue weighted by atomic mass is 32.1. The zero-order chi connectivity index (χ0) is 24.6. The van der Waals surface area contributed by atoms with Crippen LogP contribution in [0.3, 0.4) is 0 Å². The molecule has 0 aliphatic carbocycles. The van der Waals surface area contributed by atoms with Crippen LogP contribution in [0.5, 0.6) is 0 Å². The fourth-order valence-electron chi connectivity index (χ4n) is 3.78. The minimum Gasteiger partial charge on any atom is -0.379 e. The molecule has 13 heteroatoms. The largest absolute Gasteiger partial charge is 0.417 e. The van der Waals surface area contributed by atoms with Gasteiger partial charge in [0, 0.05) is 36.8 Å². The van der Waals surface area contributed by atoms with Gasteiger partial charge in [-0.2, -0.15) is 13.2 Å². The maximum absolute atomic E-state index is 13.8. The maximum atomic E-state index is 13.8. The Hall–Kier alpha value is -3.42. The Morgan fingerprint density at radius 1 is 1.20 bits per heavy atom. The van der Waals surface area contributed by atoms with Gasteiger partial charge in [-0.3, -0.25) is 15.0 Å². The molecule has 2 N–H and O–H groups in total. The number of aromatic amines is 1. The van der Waals surface area contributed by atoms with E-state index >= 15 is 0 Å². The van der Waals surface area contributed by atoms with Gasteiger partial charge in [-0.25, -0.2) is 19.3 Å². The second-order valence-corrected chi connectivity index (χ2v) is 8.67. The summed E-state index contributed by atoms with van der Waals surface area (Å²) in [5.74, 6) is -1.63. The highest BCUT2D eigenvalue weighted by molar-refractivity contribution is 7.14. The SMILES string of the molecule is O=C(Nc1nc(CN2CCOCC2)cs1)c1ccnc2nc(-c3cc(F)ccc3C(F)(F)F)[nH]c12. The van der Waals surface area contributed by atoms with Crippen LogP contribution in [-0.4, -0.2) is 57.0 Å². The average molecular weight is 506 g/mol. The quantitative estimate of drug-likeness (QED) is 0.392. The fourth-order valence-corrected chi connectivity index (χ4v) is 4.47. The summed E-state index contributed by atoms with van der Waals surface area (Å²) in [5.41, 5.74) is -0.459. The number of hydrogen-bond donors (Lipinski definition) is 2. The molecule has 0 unspecified atom stereocenters. The Balaban J connectivity index is 1.41. The van der Waals surface area contributed by atoms with Crippen molar-refractivity contribution in [3.05, 3.63) is 58.5 Å². The van der Waals surface area contributed by atoms with E-state index in [2.05, 4.69) is 30.2 Å². The van der Waals surface area contributed by atoms with E-state index < -0.39 is 29.0 Å². The summed E-state index contributed by atoms with van der Waals surface area (Å²) < 4.78 is 59.5. The van der Waals surface area contributed by atoms with Gasteiger partial charge in [0.15, 0.2) is 10.8 Å². The number of amides is 1. The first-order valence-corrected chi connectivity index (χ1v) is 11.4. The van der Waals surface area contributed by atoms with Gasteiger partial charge in [-0.1, -0.05) is 0 Å². The zero-order valence-corrected chi connectivity index (χ0v) is 18.8. The number of halogens is 4. The van der Waals surface area contributed by atoms with Crippen molar-refractivity contribution in [1.82, 2.24) is 24.8 Å². The van der Waals surface area contributed by atoms with E-state index in [1.165, 1.54) is 23.6 Å². The summed E-state index contributed by atoms with van der Waals surface area (Å²) in [5, 5.41) is 4.94. The number of nitrogens with zero attached hydrogens (tertiary/aromatic N) is 4. The van der Waals surface area contributed by atoms with E-state index in [0.29, 0.717) is 31.0 Å². The van der Waals surface area contributed by atoms with Crippen molar-refractivity contribution >= 4 is 33.5 Å². The van der Waals surface area contributed by atoms with Crippen LogP contribution in [-0.2, 0) is 17.5 Å². The Labute approximate surface area is 200 Å². The second kappa shape index (κ2) is 9.32. The summed E-state index contributed by atoms with van der Waals surface area (Å²) in [6, 6.07) is 3.53. The van der Waals surface area contributed by atoms with Gasteiger partial charge in [-0.15, -0.1) is 11.3 Å². The molecule has 0 saturated carbocycles. The number of pyridine rings is 1. The number of hydrogen-bond acceptors (Lipinski definition) is 7. The predicted molar refractivity (Wildman–Crippen MR) is 120 cm³/mol. The molecular formula is C22H18F4N6O2S. The molecule has 4 aromatic rings. The topological polar surface area (TPSA) is 96.0 Å². The number of morpholine rings is 1. The number of benzene rings is 1. The minimum absolute atomic E-state index is 0.0252. The van der Waals surface area contributed by atoms with Crippen LogP contribution in [0.15, 0.2) is 35.8 Å². The molecule has 0 radical (unpaired) electrons. The normalized spacial score (nSPS) is 15.0. The van der Waals surface area contributed by atoms with E-state index in [0.717, 1.165) is 30.9 Å². The number of anilines is 1. The first-order valence-electron chi connectivity index (χ1n) is 10.6. The number of H-pyrrole nitrogens is 1. The van der Waals surface area contributed by atoms with Crippen molar-refractivity contribution in [2.75, 3.05) is 31.6 Å². The molecule has 4 heterocycles. The summed E-state index contributed by atoms with van der Waals surface area (Å²) in [6.45, 7) is 3.57. The second-order valence-electron chi connectivity index (χ2n) is 7.82. The van der Waals surface area contributed by atoms with E-state index in [-0.39, 0.29) is 22.6 Å². The van der Waals surface area contributed by atoms with Crippen molar-refractivity contribution in [3.63, 3.8) is 0 Å². The Bertz CT molecular complexity index is 1380. The molecule has 0 atom stereocenters. The lowest BCUT2D eigenvalue weighted by atomic mass is 10.1. The third-order valence-corrected chi connectivity index (χ3v) is 6.25. The van der Waals surface area contributed by atoms with Crippen molar-refractivity contribution in [2.24, 2.45) is 0 Å². The number of aromatic nitrogens is 4. The molecule has 35 heavy (non-hydrogen) atoms. The van der Waals surface area contributed by atoms with Crippen molar-refractivity contribution < 1.29 is 27.1 Å². The zero-order valence-electron chi connectivity index (χ0n) is 18.0. The molecule has 1 fully saturated rings. The molecule has 0 bridgehead atoms. The Kier molecular flexibility index (Phi) is 6.21. The highest BCUT2D eigenvalue weighted by Gasteiger charge is 2.35. The summed E-state index contributed by atoms with van der Waals surface area (Å²) in [6.07, 6.45) is -3.40. The van der Waals surface area contributed by atoms with Crippen LogP contribution in [0.4, 0.5) is 22.7 Å². The van der Waals surface area contributed by atoms with Crippen LogP contribution in [0.1, 0.15) is 21.6 Å². The molecule has 1 aliphatic rings. The lowest BCUT2D eigenvalue weighted by Crippen LogP contribution is -2.35. The number of thiazole rings is 1. The van der Waals surface area contributed by atoms with Crippen LogP contribution in [0.2, 0.25) is 0 Å². The molecule has 1 saturated heterocycles. The molecule has 182 valence electrons. The van der Waals surface area contributed by atoms with Gasteiger partial charge in [0.1, 0.15) is 11.6 Å². The van der Waals surface area contributed by atoms with E-state index in [4.69, 9.17) is 4.74 Å². The molecule has 0 spiro atoms. The van der Waals surface area contributed by atoms with Crippen LogP contribution < -0.4 is 5.32 Å². The molecule has 1 aliphatic heterocycles. The summed E-state index contributed by atoms with van der Waals surface area (Å²) >= 11 is 1.27. The fraction of sp³-hybridized carbons (Fsp3) is 0.273. The van der Waals surface area contributed by atoms with Gasteiger partial charge in [0.05, 0.1) is 35.6 Å². The summed E-state index contributed by atoms with van der Waals surface area (Å²) in [4.78, 5) is 30.4. The first kappa shape index (κ1) is 23.3. The molecule has 1 amide bonds. The van der Waals surface area contributed by atoms with E-state index in [1.54, 1.807) is 0 Å². The standard InChI is InChI=1S/C22H18F4N6O2S/c23-12-1-2-16(22(24,25)26)15(9-12)18-29-17-14(3-4-27-19(17)30-18)20(33)31-21-28-13(11-35-21)10-32-5-7-34-8-6-32/h1-4,9,11H,5-8,10H2,(H,27,29,30)(H,28,31,33). The third-order valence-electron chi connectivity index (χ3n) is 5.44. The van der Waals surface area contributed by atoms with Crippen molar-refractivity contribution in [3.8, 4) is 11.4 Å². The average Bonchev–Trinajstić information content (AvgIpc) is 3.45. The van der Waals surface area contributed by atoms with Gasteiger partial charge in [0.2, 0.25) is 0 Å². The molecular weight excluding hydrogens is 488 g/mol. The van der Waals surface area contributed by atoms with E-state index in [9.17, 15) is 22.4 Å². The number of carbonyl (C=O) groups is 1. The molecule has 5 rings (SSSR count). The number of ether oxygens (including phenoxy) is 1. The maximum Gasteiger partial charge on any atom is 0.417 e. The van der Waals surface area contributed by atoms with Crippen molar-refractivity contribution in [2.45, 2.75) is 12.7 Å². The van der Waals surface area contributed by atoms with Crippen LogP contribution in [0.25, 0.3) is 22.6 Å². The predicted octanol–water partition coefficient (Wildman–Crippen LogP) is 4.32. The van der Waals surface area contributed by atoms with Gasteiger partial charge >= 0.3 is 6.18 Å². The molecule has 3 aromatic heterocycles. The van der Waals surface area contributed by atoms with Crippen LogP contribution in [0, 0.1) is 5.82 Å². The Morgan fingerprint density at radius 2 is 2.00 bits per heavy atom. The van der Waals surface area contributed by atoms with Crippen LogP contribution >= 0.6 is 11.3 Å². The number of imidazole rings is 1. The highest BCUT2D eigenvalue weighted by Crippen LogP contribution is 2.37. The molecule has 1 aromatic carbocycles. The number of carbonyl (C=O) groups excluding carboxylic acids is 1. The van der Waals surface area contributed by atoms with Gasteiger partial charge in [0.25, 0.3) is 5.91 Å². The number of fused-ring (bicyclic) bond motifs is 1. The third kappa shape index (κ3) is 5.01. The minimum atomic E-state index is -4.72. The summed E-state index contributed by atoms with van der Waals surface area (Å²) in [7, 11) is 0. The molecule has 8 nitrogen and oxygen atoms in total. The Morgan fingerprint density at radius 3 is 2.77 bits per heavy atom. The van der Waals surface area contributed by atoms with Gasteiger partial charge < -0.3 is 9.72 Å². The monoisotopic (exact) mass is 506 g/mol. The number of alkyl halides is 3. The van der Waals surface area contributed by atoms with Gasteiger partial charge in [-0.05, 0) is 24.3 Å². The number of rotatable bonds is 5. The lowest BCUT2D eigenvalue weighted by Gasteiger charge is -2.25. The van der Waals surface area contributed by atoms with Crippen molar-refractivity contribution in [1.29, 1.82) is 0 Å².